The standard InChI is InChI=1S/C22H26N4O2/c1-22(2,3)20-23-16-9-5-7-11-18(16)26(20)15-13-25(14-15)21(27)24-17-10-6-8-12-19(17)28-4/h5-12,15H,13-14H2,1-4H3,(H,24,27). The minimum atomic E-state index is -0.109. The Bertz CT molecular complexity index is 1010. The van der Waals surface area contributed by atoms with Crippen LogP contribution in [0.4, 0.5) is 10.5 Å². The average molecular weight is 378 g/mol. The number of likely N-dealkylation sites (tertiary alicyclic amines) is 1. The van der Waals surface area contributed by atoms with Crippen LogP contribution in [-0.2, 0) is 5.41 Å². The minimum absolute atomic E-state index is 0.0703. The molecule has 28 heavy (non-hydrogen) atoms. The van der Waals surface area contributed by atoms with Crippen molar-refractivity contribution in [2.75, 3.05) is 25.5 Å². The predicted molar refractivity (Wildman–Crippen MR) is 111 cm³/mol. The zero-order chi connectivity index (χ0) is 19.9. The van der Waals surface area contributed by atoms with Crippen LogP contribution in [0.3, 0.4) is 0 Å². The number of rotatable bonds is 3. The molecular formula is C22H26N4O2. The second kappa shape index (κ2) is 6.86. The molecule has 6 heteroatoms. The van der Waals surface area contributed by atoms with Gasteiger partial charge in [0.2, 0.25) is 0 Å². The summed E-state index contributed by atoms with van der Waals surface area (Å²) in [4.78, 5) is 19.4. The highest BCUT2D eigenvalue weighted by atomic mass is 16.5. The van der Waals surface area contributed by atoms with E-state index in [0.717, 1.165) is 16.9 Å². The first kappa shape index (κ1) is 18.3. The van der Waals surface area contributed by atoms with Crippen LogP contribution in [0.1, 0.15) is 32.6 Å². The number of methoxy groups -OCH3 is 1. The molecule has 0 saturated carbocycles. The number of ether oxygens (including phenoxy) is 1. The van der Waals surface area contributed by atoms with Gasteiger partial charge >= 0.3 is 6.03 Å². The van der Waals surface area contributed by atoms with Crippen molar-refractivity contribution in [3.05, 3.63) is 54.4 Å². The molecular weight excluding hydrogens is 352 g/mol. The van der Waals surface area contributed by atoms with Crippen LogP contribution in [-0.4, -0.2) is 40.7 Å². The van der Waals surface area contributed by atoms with Gasteiger partial charge in [-0.05, 0) is 24.3 Å². The van der Waals surface area contributed by atoms with E-state index >= 15 is 0 Å². The van der Waals surface area contributed by atoms with Gasteiger partial charge in [0.1, 0.15) is 11.6 Å². The lowest BCUT2D eigenvalue weighted by Crippen LogP contribution is -2.53. The molecule has 2 aromatic carbocycles. The van der Waals surface area contributed by atoms with Crippen LogP contribution in [0, 0.1) is 0 Å². The molecule has 0 spiro atoms. The van der Waals surface area contributed by atoms with E-state index in [1.807, 2.05) is 47.4 Å². The Hall–Kier alpha value is -3.02. The molecule has 0 radical (unpaired) electrons. The van der Waals surface area contributed by atoms with E-state index in [0.29, 0.717) is 24.5 Å². The third-order valence-electron chi connectivity index (χ3n) is 5.13. The maximum atomic E-state index is 12.7. The summed E-state index contributed by atoms with van der Waals surface area (Å²) in [6, 6.07) is 15.8. The van der Waals surface area contributed by atoms with Crippen LogP contribution < -0.4 is 10.1 Å². The summed E-state index contributed by atoms with van der Waals surface area (Å²) in [5.41, 5.74) is 2.74. The number of carbonyl (C=O) groups is 1. The highest BCUT2D eigenvalue weighted by molar-refractivity contribution is 5.91. The van der Waals surface area contributed by atoms with E-state index in [1.54, 1.807) is 7.11 Å². The van der Waals surface area contributed by atoms with Gasteiger partial charge in [0.05, 0.1) is 29.9 Å². The third-order valence-corrected chi connectivity index (χ3v) is 5.13. The topological polar surface area (TPSA) is 59.4 Å². The molecule has 3 aromatic rings. The number of carbonyl (C=O) groups excluding carboxylic acids is 1. The summed E-state index contributed by atoms with van der Waals surface area (Å²) in [5.74, 6) is 1.71. The number of aromatic nitrogens is 2. The number of nitrogens with one attached hydrogen (secondary N) is 1. The molecule has 0 aliphatic carbocycles. The molecule has 1 aliphatic heterocycles. The SMILES string of the molecule is COc1ccccc1NC(=O)N1CC(n2c(C(C)(C)C)nc3ccccc32)C1. The summed E-state index contributed by atoms with van der Waals surface area (Å²) in [7, 11) is 1.60. The normalized spacial score (nSPS) is 14.8. The number of para-hydroxylation sites is 4. The highest BCUT2D eigenvalue weighted by Crippen LogP contribution is 2.34. The number of benzene rings is 2. The lowest BCUT2D eigenvalue weighted by molar-refractivity contribution is 0.134. The summed E-state index contributed by atoms with van der Waals surface area (Å²) in [6.45, 7) is 7.84. The van der Waals surface area contributed by atoms with Crippen molar-refractivity contribution in [3.63, 3.8) is 0 Å². The second-order valence-electron chi connectivity index (χ2n) is 8.23. The molecule has 2 amide bonds. The largest absolute Gasteiger partial charge is 0.495 e. The van der Waals surface area contributed by atoms with Crippen LogP contribution in [0.2, 0.25) is 0 Å². The predicted octanol–water partition coefficient (Wildman–Crippen LogP) is 4.43. The van der Waals surface area contributed by atoms with E-state index in [9.17, 15) is 4.79 Å². The Labute approximate surface area is 165 Å². The van der Waals surface area contributed by atoms with Crippen LogP contribution in [0.15, 0.2) is 48.5 Å². The van der Waals surface area contributed by atoms with Gasteiger partial charge in [-0.2, -0.15) is 0 Å². The highest BCUT2D eigenvalue weighted by Gasteiger charge is 2.36. The summed E-state index contributed by atoms with van der Waals surface area (Å²) < 4.78 is 7.62. The third kappa shape index (κ3) is 3.19. The fourth-order valence-electron chi connectivity index (χ4n) is 3.67. The van der Waals surface area contributed by atoms with E-state index in [1.165, 1.54) is 0 Å². The molecule has 0 unspecified atom stereocenters. The summed E-state index contributed by atoms with van der Waals surface area (Å²) >= 11 is 0. The zero-order valence-electron chi connectivity index (χ0n) is 16.8. The monoisotopic (exact) mass is 378 g/mol. The first-order chi connectivity index (χ1) is 13.4. The molecule has 1 fully saturated rings. The van der Waals surface area contributed by atoms with Gasteiger partial charge < -0.3 is 19.5 Å². The number of anilines is 1. The van der Waals surface area contributed by atoms with Crippen molar-refractivity contribution in [1.29, 1.82) is 0 Å². The number of nitrogens with zero attached hydrogens (tertiary/aromatic N) is 3. The van der Waals surface area contributed by atoms with Crippen LogP contribution in [0.25, 0.3) is 11.0 Å². The Kier molecular flexibility index (Phi) is 4.49. The first-order valence-corrected chi connectivity index (χ1v) is 9.55. The fourth-order valence-corrected chi connectivity index (χ4v) is 3.67. The lowest BCUT2D eigenvalue weighted by Gasteiger charge is -2.41. The number of hydrogen-bond acceptors (Lipinski definition) is 3. The Morgan fingerprint density at radius 1 is 1.11 bits per heavy atom. The van der Waals surface area contributed by atoms with E-state index in [-0.39, 0.29) is 17.5 Å². The van der Waals surface area contributed by atoms with E-state index in [2.05, 4.69) is 36.7 Å². The number of urea groups is 1. The van der Waals surface area contributed by atoms with Gasteiger partial charge in [0.15, 0.2) is 0 Å². The second-order valence-corrected chi connectivity index (χ2v) is 8.23. The Morgan fingerprint density at radius 3 is 2.50 bits per heavy atom. The molecule has 146 valence electrons. The molecule has 2 heterocycles. The van der Waals surface area contributed by atoms with Gasteiger partial charge in [-0.25, -0.2) is 9.78 Å². The summed E-state index contributed by atoms with van der Waals surface area (Å²) in [6.07, 6.45) is 0. The number of imidazole rings is 1. The molecule has 1 aliphatic rings. The van der Waals surface area contributed by atoms with E-state index < -0.39 is 0 Å². The Balaban J connectivity index is 1.53. The van der Waals surface area contributed by atoms with Crippen molar-refractivity contribution in [2.45, 2.75) is 32.2 Å². The van der Waals surface area contributed by atoms with Crippen molar-refractivity contribution in [1.82, 2.24) is 14.5 Å². The number of hydrogen-bond donors (Lipinski definition) is 1. The van der Waals surface area contributed by atoms with Crippen molar-refractivity contribution < 1.29 is 9.53 Å². The van der Waals surface area contributed by atoms with Gasteiger partial charge in [-0.15, -0.1) is 0 Å². The van der Waals surface area contributed by atoms with Crippen LogP contribution >= 0.6 is 0 Å². The van der Waals surface area contributed by atoms with Crippen molar-refractivity contribution in [3.8, 4) is 5.75 Å². The molecule has 0 bridgehead atoms. The molecule has 1 aromatic heterocycles. The van der Waals surface area contributed by atoms with Gasteiger partial charge in [-0.1, -0.05) is 45.0 Å². The smallest absolute Gasteiger partial charge is 0.322 e. The molecule has 1 N–H and O–H groups in total. The van der Waals surface area contributed by atoms with E-state index in [4.69, 9.17) is 9.72 Å². The molecule has 6 nitrogen and oxygen atoms in total. The number of fused-ring (bicyclic) bond motifs is 1. The molecule has 0 atom stereocenters. The maximum absolute atomic E-state index is 12.7. The maximum Gasteiger partial charge on any atom is 0.322 e. The number of amides is 2. The summed E-state index contributed by atoms with van der Waals surface area (Å²) in [5, 5.41) is 2.95. The van der Waals surface area contributed by atoms with Crippen molar-refractivity contribution >= 4 is 22.8 Å². The Morgan fingerprint density at radius 2 is 1.79 bits per heavy atom. The lowest BCUT2D eigenvalue weighted by atomic mass is 9.94. The molecule has 1 saturated heterocycles. The quantitative estimate of drug-likeness (QED) is 0.733. The van der Waals surface area contributed by atoms with Gasteiger partial charge in [0.25, 0.3) is 0 Å². The van der Waals surface area contributed by atoms with Gasteiger partial charge in [-0.3, -0.25) is 0 Å². The zero-order valence-corrected chi connectivity index (χ0v) is 16.8. The average Bonchev–Trinajstić information content (AvgIpc) is 3.01. The minimum Gasteiger partial charge on any atom is -0.495 e. The van der Waals surface area contributed by atoms with Crippen LogP contribution in [0.5, 0.6) is 5.75 Å². The van der Waals surface area contributed by atoms with Gasteiger partial charge in [0, 0.05) is 18.5 Å². The van der Waals surface area contributed by atoms with Crippen molar-refractivity contribution in [2.24, 2.45) is 0 Å². The first-order valence-electron chi connectivity index (χ1n) is 9.55. The fraction of sp³-hybridized carbons (Fsp3) is 0.364. The molecule has 4 rings (SSSR count).